The lowest BCUT2D eigenvalue weighted by molar-refractivity contribution is -0.191. The first kappa shape index (κ1) is 13.0. The quantitative estimate of drug-likeness (QED) is 0.615. The van der Waals surface area contributed by atoms with Gasteiger partial charge in [-0.05, 0) is 12.0 Å². The monoisotopic (exact) mass is 292 g/mol. The highest BCUT2D eigenvalue weighted by Gasteiger charge is 2.65. The van der Waals surface area contributed by atoms with Crippen LogP contribution in [0.15, 0.2) is 30.3 Å². The number of benzene rings is 1. The highest BCUT2D eigenvalue weighted by Crippen LogP contribution is 2.52. The van der Waals surface area contributed by atoms with E-state index in [1.807, 2.05) is 37.3 Å². The molecule has 0 unspecified atom stereocenters. The second kappa shape index (κ2) is 4.34. The molecule has 0 aliphatic carbocycles. The summed E-state index contributed by atoms with van der Waals surface area (Å²) in [7, 11) is 0. The van der Waals surface area contributed by atoms with Crippen molar-refractivity contribution in [2.75, 3.05) is 0 Å². The molecule has 1 aromatic rings. The van der Waals surface area contributed by atoms with Crippen LogP contribution in [0.4, 0.5) is 0 Å². The second-order valence-corrected chi connectivity index (χ2v) is 6.39. The fourth-order valence-electron chi connectivity index (χ4n) is 2.25. The lowest BCUT2D eigenvalue weighted by Gasteiger charge is -2.49. The average molecular weight is 294 g/mol. The van der Waals surface area contributed by atoms with Gasteiger partial charge in [-0.15, -0.1) is 0 Å². The molecule has 1 heterocycles. The Balaban J connectivity index is 2.47. The van der Waals surface area contributed by atoms with Gasteiger partial charge >= 0.3 is 5.97 Å². The van der Waals surface area contributed by atoms with E-state index in [4.69, 9.17) is 39.5 Å². The number of cyclic esters (lactones) is 1. The molecule has 1 fully saturated rings. The molecule has 2 atom stereocenters. The average Bonchev–Trinajstić information content (AvgIpc) is 2.27. The SMILES string of the molecule is CC[C@@]1(c2ccccc2)C(=O)O[C@H]1C(Cl)(Cl)Cl. The first-order valence-corrected chi connectivity index (χ1v) is 6.39. The molecule has 0 bridgehead atoms. The van der Waals surface area contributed by atoms with Crippen molar-refractivity contribution in [2.24, 2.45) is 0 Å². The number of carbonyl (C=O) groups excluding carboxylic acids is 1. The van der Waals surface area contributed by atoms with Crippen LogP contribution in [0.2, 0.25) is 0 Å². The van der Waals surface area contributed by atoms with Gasteiger partial charge in [0, 0.05) is 0 Å². The minimum atomic E-state index is -1.61. The third kappa shape index (κ3) is 1.92. The van der Waals surface area contributed by atoms with Crippen LogP contribution in [0.1, 0.15) is 18.9 Å². The molecule has 92 valence electrons. The van der Waals surface area contributed by atoms with Gasteiger partial charge in [0.2, 0.25) is 3.79 Å². The van der Waals surface area contributed by atoms with Crippen molar-refractivity contribution in [3.63, 3.8) is 0 Å². The van der Waals surface area contributed by atoms with Crippen molar-refractivity contribution >= 4 is 40.8 Å². The third-order valence-electron chi connectivity index (χ3n) is 3.18. The number of carbonyl (C=O) groups is 1. The molecule has 0 amide bonds. The smallest absolute Gasteiger partial charge is 0.321 e. The summed E-state index contributed by atoms with van der Waals surface area (Å²) in [6.07, 6.45) is -0.200. The highest BCUT2D eigenvalue weighted by atomic mass is 35.6. The zero-order valence-corrected chi connectivity index (χ0v) is 11.4. The maximum Gasteiger partial charge on any atom is 0.321 e. The zero-order chi connectivity index (χ0) is 12.7. The molecule has 1 aliphatic heterocycles. The lowest BCUT2D eigenvalue weighted by atomic mass is 9.70. The van der Waals surface area contributed by atoms with Crippen LogP contribution in [0.5, 0.6) is 0 Å². The van der Waals surface area contributed by atoms with E-state index in [0.29, 0.717) is 6.42 Å². The summed E-state index contributed by atoms with van der Waals surface area (Å²) in [5.74, 6) is -0.331. The molecule has 1 aromatic carbocycles. The normalized spacial score (nSPS) is 28.5. The van der Waals surface area contributed by atoms with Gasteiger partial charge in [0.15, 0.2) is 6.10 Å². The van der Waals surface area contributed by atoms with Crippen LogP contribution in [0, 0.1) is 0 Å². The molecule has 0 saturated carbocycles. The van der Waals surface area contributed by atoms with E-state index in [1.165, 1.54) is 0 Å². The van der Waals surface area contributed by atoms with Crippen molar-refractivity contribution in [3.05, 3.63) is 35.9 Å². The van der Waals surface area contributed by atoms with Crippen LogP contribution in [-0.4, -0.2) is 15.9 Å². The van der Waals surface area contributed by atoms with E-state index in [1.54, 1.807) is 0 Å². The fourth-order valence-corrected chi connectivity index (χ4v) is 2.94. The number of hydrogen-bond acceptors (Lipinski definition) is 2. The Kier molecular flexibility index (Phi) is 3.32. The van der Waals surface area contributed by atoms with Crippen molar-refractivity contribution in [1.82, 2.24) is 0 Å². The van der Waals surface area contributed by atoms with Gasteiger partial charge in [-0.1, -0.05) is 72.1 Å². The molecule has 1 saturated heterocycles. The van der Waals surface area contributed by atoms with Crippen molar-refractivity contribution in [2.45, 2.75) is 28.7 Å². The van der Waals surface area contributed by atoms with Gasteiger partial charge < -0.3 is 4.74 Å². The molecule has 0 aromatic heterocycles. The van der Waals surface area contributed by atoms with Crippen LogP contribution in [0.25, 0.3) is 0 Å². The van der Waals surface area contributed by atoms with Gasteiger partial charge in [-0.25, -0.2) is 0 Å². The first-order valence-electron chi connectivity index (χ1n) is 5.26. The van der Waals surface area contributed by atoms with E-state index in [0.717, 1.165) is 5.56 Å². The number of esters is 1. The van der Waals surface area contributed by atoms with Crippen LogP contribution in [0.3, 0.4) is 0 Å². The van der Waals surface area contributed by atoms with Gasteiger partial charge in [0.1, 0.15) is 5.41 Å². The minimum absolute atomic E-state index is 0.331. The molecular weight excluding hydrogens is 282 g/mol. The van der Waals surface area contributed by atoms with Crippen molar-refractivity contribution in [1.29, 1.82) is 0 Å². The Morgan fingerprint density at radius 1 is 1.29 bits per heavy atom. The molecule has 2 nitrogen and oxygen atoms in total. The van der Waals surface area contributed by atoms with E-state index in [9.17, 15) is 4.79 Å². The topological polar surface area (TPSA) is 26.3 Å². The molecular formula is C12H11Cl3O2. The minimum Gasteiger partial charge on any atom is -0.455 e. The number of hydrogen-bond donors (Lipinski definition) is 0. The number of rotatable bonds is 2. The third-order valence-corrected chi connectivity index (χ3v) is 3.78. The lowest BCUT2D eigenvalue weighted by Crippen LogP contribution is -2.64. The zero-order valence-electron chi connectivity index (χ0n) is 9.12. The largest absolute Gasteiger partial charge is 0.455 e. The predicted octanol–water partition coefficient (Wildman–Crippen LogP) is 3.63. The van der Waals surface area contributed by atoms with E-state index >= 15 is 0 Å². The molecule has 0 N–H and O–H groups in total. The Labute approximate surface area is 115 Å². The second-order valence-electron chi connectivity index (χ2n) is 4.02. The van der Waals surface area contributed by atoms with Crippen molar-refractivity contribution < 1.29 is 9.53 Å². The van der Waals surface area contributed by atoms with Gasteiger partial charge in [0.05, 0.1) is 0 Å². The Bertz CT molecular complexity index is 427. The van der Waals surface area contributed by atoms with Crippen LogP contribution >= 0.6 is 34.8 Å². The molecule has 0 spiro atoms. The predicted molar refractivity (Wildman–Crippen MR) is 68.6 cm³/mol. The number of alkyl halides is 3. The molecule has 1 aliphatic rings. The van der Waals surface area contributed by atoms with Crippen LogP contribution < -0.4 is 0 Å². The van der Waals surface area contributed by atoms with E-state index in [-0.39, 0.29) is 5.97 Å². The summed E-state index contributed by atoms with van der Waals surface area (Å²) in [5, 5.41) is 0. The van der Waals surface area contributed by atoms with Gasteiger partial charge in [0.25, 0.3) is 0 Å². The molecule has 17 heavy (non-hydrogen) atoms. The van der Waals surface area contributed by atoms with E-state index in [2.05, 4.69) is 0 Å². The summed E-state index contributed by atoms with van der Waals surface area (Å²) in [5.41, 5.74) is -0.0120. The van der Waals surface area contributed by atoms with E-state index < -0.39 is 15.3 Å². The number of halogens is 3. The summed E-state index contributed by atoms with van der Waals surface area (Å²) >= 11 is 17.6. The van der Waals surface area contributed by atoms with Crippen molar-refractivity contribution in [3.8, 4) is 0 Å². The highest BCUT2D eigenvalue weighted by molar-refractivity contribution is 6.68. The molecule has 0 radical (unpaired) electrons. The van der Waals surface area contributed by atoms with Gasteiger partial charge in [-0.3, -0.25) is 4.79 Å². The van der Waals surface area contributed by atoms with Crippen LogP contribution in [-0.2, 0) is 14.9 Å². The summed E-state index contributed by atoms with van der Waals surface area (Å²) in [6, 6.07) is 9.30. The fraction of sp³-hybridized carbons (Fsp3) is 0.417. The summed E-state index contributed by atoms with van der Waals surface area (Å²) in [4.78, 5) is 11.8. The Morgan fingerprint density at radius 2 is 1.88 bits per heavy atom. The molecule has 2 rings (SSSR count). The standard InChI is InChI=1S/C12H11Cl3O2/c1-2-11(8-6-4-3-5-7-8)9(12(13,14)15)17-10(11)16/h3-7,9H,2H2,1H3/t9-,11+/m1/s1. The first-order chi connectivity index (χ1) is 7.93. The Morgan fingerprint density at radius 3 is 2.29 bits per heavy atom. The maximum atomic E-state index is 11.8. The Hall–Kier alpha value is -0.440. The summed E-state index contributed by atoms with van der Waals surface area (Å²) < 4.78 is 3.42. The summed E-state index contributed by atoms with van der Waals surface area (Å²) in [6.45, 7) is 1.89. The van der Waals surface area contributed by atoms with Gasteiger partial charge in [-0.2, -0.15) is 0 Å². The number of ether oxygens (including phenoxy) is 1. The molecule has 5 heteroatoms. The maximum absolute atomic E-state index is 11.8.